The van der Waals surface area contributed by atoms with Gasteiger partial charge in [0.15, 0.2) is 0 Å². The molecular formula is C23H32N2O4S. The molecule has 0 fully saturated rings. The molecule has 0 unspecified atom stereocenters. The predicted octanol–water partition coefficient (Wildman–Crippen LogP) is 3.59. The Morgan fingerprint density at radius 3 is 2.40 bits per heavy atom. The Morgan fingerprint density at radius 2 is 1.80 bits per heavy atom. The molecular weight excluding hydrogens is 400 g/mol. The Morgan fingerprint density at radius 1 is 1.10 bits per heavy atom. The van der Waals surface area contributed by atoms with Gasteiger partial charge in [-0.15, -0.1) is 0 Å². The zero-order valence-corrected chi connectivity index (χ0v) is 19.0. The average Bonchev–Trinajstić information content (AvgIpc) is 2.70. The van der Waals surface area contributed by atoms with Crippen LogP contribution in [0.25, 0.3) is 0 Å². The van der Waals surface area contributed by atoms with Gasteiger partial charge in [0, 0.05) is 6.04 Å². The normalized spacial score (nSPS) is 13.5. The van der Waals surface area contributed by atoms with Gasteiger partial charge in [0.2, 0.25) is 15.9 Å². The maximum Gasteiger partial charge on any atom is 0.241 e. The minimum atomic E-state index is -3.89. The molecule has 2 atom stereocenters. The van der Waals surface area contributed by atoms with Crippen molar-refractivity contribution in [2.24, 2.45) is 0 Å². The Labute approximate surface area is 180 Å². The number of carbonyl (C=O) groups excluding carboxylic acids is 1. The van der Waals surface area contributed by atoms with E-state index in [4.69, 9.17) is 4.74 Å². The molecule has 164 valence electrons. The standard InChI is InChI=1S/C23H32N2O4S/c1-5-10-18(4)24-23(26)21(16-19-11-8-7-9-12-19)25-30(27,28)20-13-14-22(29-6-2)17(3)15-20/h7-9,11-15,18,21,25H,5-6,10,16H2,1-4H3,(H,24,26)/t18-,21+/m0/s1. The van der Waals surface area contributed by atoms with Crippen molar-refractivity contribution in [2.75, 3.05) is 6.61 Å². The number of carbonyl (C=O) groups is 1. The summed E-state index contributed by atoms with van der Waals surface area (Å²) in [6.07, 6.45) is 2.03. The second-order valence-electron chi connectivity index (χ2n) is 7.42. The van der Waals surface area contributed by atoms with Crippen LogP contribution in [0.3, 0.4) is 0 Å². The SMILES string of the molecule is CCC[C@H](C)NC(=O)[C@@H](Cc1ccccc1)NS(=O)(=O)c1ccc(OCC)c(C)c1. The molecule has 0 aliphatic carbocycles. The zero-order valence-electron chi connectivity index (χ0n) is 18.1. The van der Waals surface area contributed by atoms with Gasteiger partial charge in [-0.25, -0.2) is 8.42 Å². The Kier molecular flexibility index (Phi) is 8.87. The van der Waals surface area contributed by atoms with Gasteiger partial charge in [-0.2, -0.15) is 4.72 Å². The van der Waals surface area contributed by atoms with Crippen LogP contribution < -0.4 is 14.8 Å². The Hall–Kier alpha value is -2.38. The van der Waals surface area contributed by atoms with Crippen LogP contribution in [0, 0.1) is 6.92 Å². The quantitative estimate of drug-likeness (QED) is 0.568. The highest BCUT2D eigenvalue weighted by Crippen LogP contribution is 2.22. The maximum absolute atomic E-state index is 13.0. The number of aryl methyl sites for hydroxylation is 1. The van der Waals surface area contributed by atoms with Gasteiger partial charge in [0.05, 0.1) is 11.5 Å². The molecule has 0 radical (unpaired) electrons. The lowest BCUT2D eigenvalue weighted by molar-refractivity contribution is -0.123. The van der Waals surface area contributed by atoms with Crippen molar-refractivity contribution in [1.29, 1.82) is 0 Å². The van der Waals surface area contributed by atoms with E-state index in [1.165, 1.54) is 6.07 Å². The summed E-state index contributed by atoms with van der Waals surface area (Å²) in [4.78, 5) is 13.0. The van der Waals surface area contributed by atoms with Gasteiger partial charge in [0.25, 0.3) is 0 Å². The molecule has 1 amide bonds. The molecule has 6 nitrogen and oxygen atoms in total. The molecule has 0 saturated carbocycles. The molecule has 0 spiro atoms. The lowest BCUT2D eigenvalue weighted by Gasteiger charge is -2.21. The highest BCUT2D eigenvalue weighted by Gasteiger charge is 2.27. The summed E-state index contributed by atoms with van der Waals surface area (Å²) in [7, 11) is -3.89. The molecule has 2 rings (SSSR count). The van der Waals surface area contributed by atoms with Crippen LogP contribution in [0.1, 0.15) is 44.7 Å². The fourth-order valence-electron chi connectivity index (χ4n) is 3.25. The fourth-order valence-corrected chi connectivity index (χ4v) is 4.53. The van der Waals surface area contributed by atoms with Gasteiger partial charge in [-0.05, 0) is 62.9 Å². The van der Waals surface area contributed by atoms with E-state index in [9.17, 15) is 13.2 Å². The first kappa shape index (κ1) is 23.9. The summed E-state index contributed by atoms with van der Waals surface area (Å²) in [5.41, 5.74) is 1.60. The van der Waals surface area contributed by atoms with Crippen LogP contribution in [-0.2, 0) is 21.2 Å². The third-order valence-electron chi connectivity index (χ3n) is 4.76. The first-order valence-corrected chi connectivity index (χ1v) is 11.8. The van der Waals surface area contributed by atoms with Crippen LogP contribution in [0.4, 0.5) is 0 Å². The lowest BCUT2D eigenvalue weighted by atomic mass is 10.1. The molecule has 0 saturated heterocycles. The lowest BCUT2D eigenvalue weighted by Crippen LogP contribution is -2.50. The number of hydrogen-bond acceptors (Lipinski definition) is 4. The number of amides is 1. The minimum absolute atomic E-state index is 0.0296. The highest BCUT2D eigenvalue weighted by molar-refractivity contribution is 7.89. The van der Waals surface area contributed by atoms with Crippen molar-refractivity contribution in [3.8, 4) is 5.75 Å². The van der Waals surface area contributed by atoms with Crippen molar-refractivity contribution in [2.45, 2.75) is 63.9 Å². The molecule has 2 aromatic rings. The van der Waals surface area contributed by atoms with E-state index in [-0.39, 0.29) is 23.3 Å². The molecule has 2 aromatic carbocycles. The molecule has 0 bridgehead atoms. The molecule has 0 aliphatic heterocycles. The molecule has 7 heteroatoms. The van der Waals surface area contributed by atoms with Gasteiger partial charge in [0.1, 0.15) is 11.8 Å². The molecule has 30 heavy (non-hydrogen) atoms. The average molecular weight is 433 g/mol. The van der Waals surface area contributed by atoms with Gasteiger partial charge in [-0.3, -0.25) is 4.79 Å². The van der Waals surface area contributed by atoms with Crippen molar-refractivity contribution < 1.29 is 17.9 Å². The van der Waals surface area contributed by atoms with Crippen molar-refractivity contribution in [3.05, 3.63) is 59.7 Å². The minimum Gasteiger partial charge on any atom is -0.494 e. The van der Waals surface area contributed by atoms with E-state index < -0.39 is 16.1 Å². The van der Waals surface area contributed by atoms with Crippen molar-refractivity contribution >= 4 is 15.9 Å². The summed E-state index contributed by atoms with van der Waals surface area (Å²) < 4.78 is 34.2. The summed E-state index contributed by atoms with van der Waals surface area (Å²) in [5.74, 6) is 0.314. The van der Waals surface area contributed by atoms with Gasteiger partial charge >= 0.3 is 0 Å². The highest BCUT2D eigenvalue weighted by atomic mass is 32.2. The first-order valence-electron chi connectivity index (χ1n) is 10.4. The van der Waals surface area contributed by atoms with Gasteiger partial charge in [-0.1, -0.05) is 43.7 Å². The smallest absolute Gasteiger partial charge is 0.241 e. The number of hydrogen-bond donors (Lipinski definition) is 2. The van der Waals surface area contributed by atoms with E-state index in [2.05, 4.69) is 10.0 Å². The third kappa shape index (κ3) is 6.85. The second-order valence-corrected chi connectivity index (χ2v) is 9.14. The molecule has 0 aromatic heterocycles. The van der Waals surface area contributed by atoms with Crippen molar-refractivity contribution in [3.63, 3.8) is 0 Å². The Balaban J connectivity index is 2.26. The Bertz CT molecular complexity index is 929. The van der Waals surface area contributed by atoms with E-state index >= 15 is 0 Å². The van der Waals surface area contributed by atoms with Crippen LogP contribution in [0.15, 0.2) is 53.4 Å². The third-order valence-corrected chi connectivity index (χ3v) is 6.23. The van der Waals surface area contributed by atoms with E-state index in [0.717, 1.165) is 24.0 Å². The number of nitrogens with one attached hydrogen (secondary N) is 2. The molecule has 0 heterocycles. The summed E-state index contributed by atoms with van der Waals surface area (Å²) >= 11 is 0. The largest absolute Gasteiger partial charge is 0.494 e. The first-order chi connectivity index (χ1) is 14.3. The number of ether oxygens (including phenoxy) is 1. The topological polar surface area (TPSA) is 84.5 Å². The van der Waals surface area contributed by atoms with Crippen molar-refractivity contribution in [1.82, 2.24) is 10.0 Å². The van der Waals surface area contributed by atoms with Gasteiger partial charge < -0.3 is 10.1 Å². The monoisotopic (exact) mass is 432 g/mol. The molecule has 2 N–H and O–H groups in total. The van der Waals surface area contributed by atoms with E-state index in [1.54, 1.807) is 19.1 Å². The number of benzene rings is 2. The van der Waals surface area contributed by atoms with Crippen LogP contribution in [0.2, 0.25) is 0 Å². The van der Waals surface area contributed by atoms with Crippen LogP contribution in [-0.4, -0.2) is 33.0 Å². The summed E-state index contributed by atoms with van der Waals surface area (Å²) in [5, 5.41) is 2.93. The number of rotatable bonds is 11. The summed E-state index contributed by atoms with van der Waals surface area (Å²) in [6, 6.07) is 13.1. The second kappa shape index (κ2) is 11.1. The maximum atomic E-state index is 13.0. The van der Waals surface area contributed by atoms with E-state index in [1.807, 2.05) is 51.1 Å². The zero-order chi connectivity index (χ0) is 22.1. The van der Waals surface area contributed by atoms with Crippen LogP contribution in [0.5, 0.6) is 5.75 Å². The summed E-state index contributed by atoms with van der Waals surface area (Å²) in [6.45, 7) is 8.13. The number of sulfonamides is 1. The van der Waals surface area contributed by atoms with E-state index in [0.29, 0.717) is 12.4 Å². The predicted molar refractivity (Wildman–Crippen MR) is 119 cm³/mol. The fraction of sp³-hybridized carbons (Fsp3) is 0.435. The molecule has 0 aliphatic rings. The van der Waals surface area contributed by atoms with Crippen LogP contribution >= 0.6 is 0 Å².